The zero-order chi connectivity index (χ0) is 26.1. The number of carbonyl (C=O) groups is 3. The number of ether oxygens (including phenoxy) is 2. The van der Waals surface area contributed by atoms with Crippen LogP contribution < -0.4 is 5.73 Å². The molecule has 5 rings (SSSR count). The van der Waals surface area contributed by atoms with Gasteiger partial charge in [0.15, 0.2) is 23.6 Å². The molecule has 190 valence electrons. The number of aliphatic hydroxyl groups excluding tert-OH is 1. The molecular formula is C26H27NO9. The molecule has 10 heteroatoms. The lowest BCUT2D eigenvalue weighted by Gasteiger charge is -2.42. The quantitative estimate of drug-likeness (QED) is 0.328. The molecule has 6 atom stereocenters. The Morgan fingerprint density at radius 2 is 1.69 bits per heavy atom. The van der Waals surface area contributed by atoms with Gasteiger partial charge < -0.3 is 35.6 Å². The van der Waals surface area contributed by atoms with Crippen LogP contribution in [-0.4, -0.2) is 67.9 Å². The lowest BCUT2D eigenvalue weighted by molar-refractivity contribution is -0.247. The second-order valence-corrected chi connectivity index (χ2v) is 9.80. The van der Waals surface area contributed by atoms with Gasteiger partial charge in [-0.05, 0) is 13.8 Å². The molecule has 0 bridgehead atoms. The molecule has 36 heavy (non-hydrogen) atoms. The third-order valence-corrected chi connectivity index (χ3v) is 7.50. The fourth-order valence-electron chi connectivity index (χ4n) is 5.42. The average molecular weight is 498 g/mol. The third-order valence-electron chi connectivity index (χ3n) is 7.50. The van der Waals surface area contributed by atoms with Gasteiger partial charge in [0.1, 0.15) is 17.1 Å². The number of phenols is 2. The molecule has 6 N–H and O–H groups in total. The molecule has 3 aliphatic rings. The van der Waals surface area contributed by atoms with Gasteiger partial charge in [-0.2, -0.15) is 0 Å². The summed E-state index contributed by atoms with van der Waals surface area (Å²) in [5.74, 6) is -3.06. The van der Waals surface area contributed by atoms with Crippen LogP contribution in [0.15, 0.2) is 24.3 Å². The van der Waals surface area contributed by atoms with E-state index in [1.807, 2.05) is 0 Å². The molecule has 0 saturated carbocycles. The number of rotatable bonds is 3. The number of benzene rings is 2. The highest BCUT2D eigenvalue weighted by Crippen LogP contribution is 2.51. The summed E-state index contributed by atoms with van der Waals surface area (Å²) in [5.41, 5.74) is 3.38. The van der Waals surface area contributed by atoms with Crippen LogP contribution in [0.5, 0.6) is 11.5 Å². The van der Waals surface area contributed by atoms with Crippen molar-refractivity contribution >= 4 is 17.3 Å². The molecule has 0 radical (unpaired) electrons. The van der Waals surface area contributed by atoms with E-state index in [1.165, 1.54) is 19.1 Å². The standard InChI is InChI=1S/C26H27NO9/c1-10-21(29)15(27)7-17(35-10)36-16-9-26(34,11(2)28)8-14-18(16)25(33)20-19(24(14)32)22(30)12-5-3-4-6-13(12)23(20)31/h3-6,10,15-17,21,29,32-34H,7-9,27H2,1-2H3/t10?,15?,16-,17?,21?,26-/m0/s1. The van der Waals surface area contributed by atoms with Crippen molar-refractivity contribution in [2.75, 3.05) is 0 Å². The second-order valence-electron chi connectivity index (χ2n) is 9.80. The Hall–Kier alpha value is -3.15. The van der Waals surface area contributed by atoms with Crippen molar-refractivity contribution in [3.8, 4) is 11.5 Å². The van der Waals surface area contributed by atoms with E-state index in [0.717, 1.165) is 0 Å². The molecule has 0 amide bonds. The van der Waals surface area contributed by atoms with Crippen LogP contribution in [0, 0.1) is 0 Å². The first-order valence-corrected chi connectivity index (χ1v) is 11.7. The minimum atomic E-state index is -1.97. The predicted molar refractivity (Wildman–Crippen MR) is 124 cm³/mol. The Kier molecular flexibility index (Phi) is 5.77. The van der Waals surface area contributed by atoms with Gasteiger partial charge in [-0.1, -0.05) is 24.3 Å². The molecule has 1 fully saturated rings. The summed E-state index contributed by atoms with van der Waals surface area (Å²) in [6.07, 6.45) is -4.38. The van der Waals surface area contributed by atoms with Crippen molar-refractivity contribution < 1.29 is 44.3 Å². The Morgan fingerprint density at radius 3 is 2.25 bits per heavy atom. The number of ketones is 3. The highest BCUT2D eigenvalue weighted by Gasteiger charge is 2.49. The second kappa shape index (κ2) is 8.46. The lowest BCUT2D eigenvalue weighted by Crippen LogP contribution is -2.52. The normalized spacial score (nSPS) is 31.4. The summed E-state index contributed by atoms with van der Waals surface area (Å²) >= 11 is 0. The van der Waals surface area contributed by atoms with Crippen molar-refractivity contribution in [1.29, 1.82) is 0 Å². The number of hydrogen-bond acceptors (Lipinski definition) is 10. The Labute approximate surface area is 206 Å². The van der Waals surface area contributed by atoms with Gasteiger partial charge in [-0.15, -0.1) is 0 Å². The topological polar surface area (TPSA) is 177 Å². The zero-order valence-corrected chi connectivity index (χ0v) is 19.7. The maximum Gasteiger partial charge on any atom is 0.198 e. The summed E-state index contributed by atoms with van der Waals surface area (Å²) in [4.78, 5) is 39.0. The Bertz CT molecular complexity index is 1290. The van der Waals surface area contributed by atoms with Gasteiger partial charge >= 0.3 is 0 Å². The van der Waals surface area contributed by atoms with Crippen molar-refractivity contribution in [2.45, 2.75) is 69.4 Å². The van der Waals surface area contributed by atoms with E-state index in [4.69, 9.17) is 15.2 Å². The average Bonchev–Trinajstić information content (AvgIpc) is 2.82. The van der Waals surface area contributed by atoms with Crippen LogP contribution in [0.2, 0.25) is 0 Å². The molecule has 1 aliphatic heterocycles. The number of aliphatic hydroxyl groups is 2. The number of nitrogens with two attached hydrogens (primary N) is 1. The summed E-state index contributed by atoms with van der Waals surface area (Å²) < 4.78 is 11.8. The predicted octanol–water partition coefficient (Wildman–Crippen LogP) is 1.02. The van der Waals surface area contributed by atoms with Crippen LogP contribution in [-0.2, 0) is 20.7 Å². The molecule has 0 aromatic heterocycles. The highest BCUT2D eigenvalue weighted by molar-refractivity contribution is 6.30. The van der Waals surface area contributed by atoms with Crippen LogP contribution in [0.3, 0.4) is 0 Å². The molecule has 1 saturated heterocycles. The minimum absolute atomic E-state index is 0.00588. The number of Topliss-reactive ketones (excluding diaryl/α,β-unsaturated/α-hetero) is 1. The van der Waals surface area contributed by atoms with E-state index < -0.39 is 71.5 Å². The fourth-order valence-corrected chi connectivity index (χ4v) is 5.42. The highest BCUT2D eigenvalue weighted by atomic mass is 16.7. The first-order valence-electron chi connectivity index (χ1n) is 11.7. The summed E-state index contributed by atoms with van der Waals surface area (Å²) in [6, 6.07) is 5.40. The molecule has 4 unspecified atom stereocenters. The van der Waals surface area contributed by atoms with Gasteiger partial charge in [-0.25, -0.2) is 0 Å². The number of aromatic hydroxyl groups is 2. The minimum Gasteiger partial charge on any atom is -0.507 e. The molecule has 1 heterocycles. The van der Waals surface area contributed by atoms with E-state index >= 15 is 0 Å². The summed E-state index contributed by atoms with van der Waals surface area (Å²) in [6.45, 7) is 2.80. The maximum atomic E-state index is 13.3. The van der Waals surface area contributed by atoms with E-state index in [1.54, 1.807) is 19.1 Å². The van der Waals surface area contributed by atoms with Gasteiger partial charge in [0.25, 0.3) is 0 Å². The molecular weight excluding hydrogens is 470 g/mol. The van der Waals surface area contributed by atoms with Gasteiger partial charge in [-0.3, -0.25) is 14.4 Å². The first-order chi connectivity index (χ1) is 16.9. The largest absolute Gasteiger partial charge is 0.507 e. The third kappa shape index (κ3) is 3.56. The van der Waals surface area contributed by atoms with Crippen molar-refractivity contribution in [3.05, 3.63) is 57.6 Å². The zero-order valence-electron chi connectivity index (χ0n) is 19.7. The molecule has 2 aromatic carbocycles. The van der Waals surface area contributed by atoms with Crippen LogP contribution in [0.4, 0.5) is 0 Å². The smallest absolute Gasteiger partial charge is 0.198 e. The lowest BCUT2D eigenvalue weighted by atomic mass is 9.72. The van der Waals surface area contributed by atoms with E-state index in [2.05, 4.69) is 0 Å². The molecule has 10 nitrogen and oxygen atoms in total. The monoisotopic (exact) mass is 497 g/mol. The first kappa shape index (κ1) is 24.5. The molecule has 0 spiro atoms. The van der Waals surface area contributed by atoms with Crippen molar-refractivity contribution in [3.63, 3.8) is 0 Å². The van der Waals surface area contributed by atoms with Crippen LogP contribution in [0.1, 0.15) is 75.8 Å². The van der Waals surface area contributed by atoms with Gasteiger partial charge in [0, 0.05) is 47.6 Å². The Balaban J connectivity index is 1.66. The molecule has 2 aromatic rings. The van der Waals surface area contributed by atoms with E-state index in [0.29, 0.717) is 0 Å². The number of carbonyl (C=O) groups excluding carboxylic acids is 3. The van der Waals surface area contributed by atoms with E-state index in [9.17, 15) is 34.8 Å². The van der Waals surface area contributed by atoms with Crippen molar-refractivity contribution in [2.24, 2.45) is 5.73 Å². The van der Waals surface area contributed by atoms with Crippen molar-refractivity contribution in [1.82, 2.24) is 0 Å². The van der Waals surface area contributed by atoms with E-state index in [-0.39, 0.29) is 46.2 Å². The fraction of sp³-hybridized carbons (Fsp3) is 0.423. The van der Waals surface area contributed by atoms with Crippen LogP contribution in [0.25, 0.3) is 0 Å². The van der Waals surface area contributed by atoms with Gasteiger partial charge in [0.05, 0.1) is 29.4 Å². The summed E-state index contributed by atoms with van der Waals surface area (Å²) in [5, 5.41) is 43.8. The number of hydrogen-bond donors (Lipinski definition) is 5. The number of fused-ring (bicyclic) bond motifs is 3. The summed E-state index contributed by atoms with van der Waals surface area (Å²) in [7, 11) is 0. The SMILES string of the molecule is CC(=O)[C@]1(O)Cc2c(O)c3c(c(O)c2[C@@H](OC2CC(N)C(O)C(C)O2)C1)C(=O)c1ccccc1C3=O. The number of phenolic OH excluding ortho intramolecular Hbond substituents is 2. The molecule has 2 aliphatic carbocycles. The maximum absolute atomic E-state index is 13.3. The Morgan fingerprint density at radius 1 is 1.11 bits per heavy atom. The van der Waals surface area contributed by atoms with Crippen LogP contribution >= 0.6 is 0 Å². The van der Waals surface area contributed by atoms with Gasteiger partial charge in [0.2, 0.25) is 0 Å².